The molecule has 0 amide bonds. The maximum Gasteiger partial charge on any atom is 0.162 e. The van der Waals surface area contributed by atoms with Crippen molar-refractivity contribution in [2.45, 2.75) is 44.9 Å². The molecule has 1 heterocycles. The molecule has 3 heteroatoms. The molecule has 0 radical (unpaired) electrons. The van der Waals surface area contributed by atoms with Gasteiger partial charge in [-0.2, -0.15) is 0 Å². The number of aliphatic hydroxyl groups excluding tert-OH is 1. The van der Waals surface area contributed by atoms with Gasteiger partial charge < -0.3 is 9.84 Å². The van der Waals surface area contributed by atoms with Gasteiger partial charge in [0.2, 0.25) is 0 Å². The first-order chi connectivity index (χ1) is 8.27. The minimum Gasteiger partial charge on any atom is -0.512 e. The van der Waals surface area contributed by atoms with Crippen molar-refractivity contribution in [3.63, 3.8) is 0 Å². The molecule has 2 aliphatic rings. The molecule has 0 aromatic carbocycles. The van der Waals surface area contributed by atoms with Gasteiger partial charge in [0.25, 0.3) is 0 Å². The first kappa shape index (κ1) is 12.6. The molecule has 3 nitrogen and oxygen atoms in total. The SMILES string of the molecule is O=C(C=C(O)C1CCCCC1)C1CCOCC1. The molecule has 1 aliphatic carbocycles. The monoisotopic (exact) mass is 238 g/mol. The minimum atomic E-state index is 0.0643. The van der Waals surface area contributed by atoms with Crippen molar-refractivity contribution in [3.05, 3.63) is 11.8 Å². The number of hydrogen-bond acceptors (Lipinski definition) is 3. The van der Waals surface area contributed by atoms with Crippen LogP contribution in [-0.2, 0) is 9.53 Å². The van der Waals surface area contributed by atoms with Gasteiger partial charge in [-0.05, 0) is 25.7 Å². The van der Waals surface area contributed by atoms with E-state index in [1.54, 1.807) is 0 Å². The fraction of sp³-hybridized carbons (Fsp3) is 0.786. The third-order valence-electron chi connectivity index (χ3n) is 3.94. The Labute approximate surface area is 103 Å². The number of carbonyl (C=O) groups is 1. The van der Waals surface area contributed by atoms with Crippen LogP contribution in [0.5, 0.6) is 0 Å². The highest BCUT2D eigenvalue weighted by molar-refractivity contribution is 5.92. The van der Waals surface area contributed by atoms with E-state index in [2.05, 4.69) is 0 Å². The molecular formula is C14H22O3. The fourth-order valence-electron chi connectivity index (χ4n) is 2.76. The Balaban J connectivity index is 1.89. The lowest BCUT2D eigenvalue weighted by Crippen LogP contribution is -2.23. The van der Waals surface area contributed by atoms with Gasteiger partial charge in [-0.1, -0.05) is 19.3 Å². The Bertz CT molecular complexity index is 284. The number of carbonyl (C=O) groups excluding carboxylic acids is 1. The Morgan fingerprint density at radius 3 is 2.29 bits per heavy atom. The normalized spacial score (nSPS) is 24.8. The third-order valence-corrected chi connectivity index (χ3v) is 3.94. The van der Waals surface area contributed by atoms with Gasteiger partial charge >= 0.3 is 0 Å². The highest BCUT2D eigenvalue weighted by atomic mass is 16.5. The van der Waals surface area contributed by atoms with Gasteiger partial charge in [0, 0.05) is 31.1 Å². The molecule has 0 aromatic heterocycles. The van der Waals surface area contributed by atoms with Crippen LogP contribution < -0.4 is 0 Å². The molecule has 2 rings (SSSR count). The summed E-state index contributed by atoms with van der Waals surface area (Å²) in [5.41, 5.74) is 0. The average Bonchev–Trinajstić information content (AvgIpc) is 2.40. The molecule has 1 aliphatic heterocycles. The van der Waals surface area contributed by atoms with Crippen molar-refractivity contribution in [1.82, 2.24) is 0 Å². The molecule has 1 N–H and O–H groups in total. The van der Waals surface area contributed by atoms with E-state index in [1.807, 2.05) is 0 Å². The van der Waals surface area contributed by atoms with Gasteiger partial charge in [0.15, 0.2) is 5.78 Å². The lowest BCUT2D eigenvalue weighted by atomic mass is 9.86. The summed E-state index contributed by atoms with van der Waals surface area (Å²) in [6.45, 7) is 1.35. The Morgan fingerprint density at radius 2 is 1.65 bits per heavy atom. The van der Waals surface area contributed by atoms with Crippen LogP contribution in [0.4, 0.5) is 0 Å². The standard InChI is InChI=1S/C14H22O3/c15-13(11-4-2-1-3-5-11)10-14(16)12-6-8-17-9-7-12/h10-12,15H,1-9H2. The van der Waals surface area contributed by atoms with Gasteiger partial charge in [0.05, 0.1) is 5.76 Å². The van der Waals surface area contributed by atoms with Gasteiger partial charge in [-0.3, -0.25) is 4.79 Å². The lowest BCUT2D eigenvalue weighted by Gasteiger charge is -2.22. The van der Waals surface area contributed by atoms with Crippen molar-refractivity contribution in [1.29, 1.82) is 0 Å². The van der Waals surface area contributed by atoms with E-state index < -0.39 is 0 Å². The predicted molar refractivity (Wildman–Crippen MR) is 65.8 cm³/mol. The summed E-state index contributed by atoms with van der Waals surface area (Å²) in [7, 11) is 0. The van der Waals surface area contributed by atoms with E-state index in [-0.39, 0.29) is 17.6 Å². The van der Waals surface area contributed by atoms with Crippen molar-refractivity contribution >= 4 is 5.78 Å². The van der Waals surface area contributed by atoms with Crippen LogP contribution in [-0.4, -0.2) is 24.1 Å². The number of rotatable bonds is 3. The highest BCUT2D eigenvalue weighted by Gasteiger charge is 2.23. The van der Waals surface area contributed by atoms with Crippen LogP contribution in [0.3, 0.4) is 0 Å². The average molecular weight is 238 g/mol. The summed E-state index contributed by atoms with van der Waals surface area (Å²) in [6.07, 6.45) is 8.76. The zero-order valence-electron chi connectivity index (χ0n) is 10.4. The first-order valence-electron chi connectivity index (χ1n) is 6.79. The molecule has 0 aromatic rings. The Morgan fingerprint density at radius 1 is 1.00 bits per heavy atom. The van der Waals surface area contributed by atoms with Crippen LogP contribution >= 0.6 is 0 Å². The number of ketones is 1. The molecule has 0 spiro atoms. The van der Waals surface area contributed by atoms with Crippen LogP contribution in [0.2, 0.25) is 0 Å². The fourth-order valence-corrected chi connectivity index (χ4v) is 2.76. The minimum absolute atomic E-state index is 0.0643. The van der Waals surface area contributed by atoms with Gasteiger partial charge in [0.1, 0.15) is 0 Å². The zero-order chi connectivity index (χ0) is 12.1. The van der Waals surface area contributed by atoms with Gasteiger partial charge in [-0.15, -0.1) is 0 Å². The molecule has 0 bridgehead atoms. The molecule has 0 unspecified atom stereocenters. The van der Waals surface area contributed by atoms with Crippen LogP contribution in [0.25, 0.3) is 0 Å². The molecule has 96 valence electrons. The number of allylic oxidation sites excluding steroid dienone is 2. The van der Waals surface area contributed by atoms with Crippen molar-refractivity contribution in [2.75, 3.05) is 13.2 Å². The maximum atomic E-state index is 12.0. The second-order valence-corrected chi connectivity index (χ2v) is 5.19. The highest BCUT2D eigenvalue weighted by Crippen LogP contribution is 2.29. The van der Waals surface area contributed by atoms with Crippen LogP contribution in [0.15, 0.2) is 11.8 Å². The summed E-state index contributed by atoms with van der Waals surface area (Å²) in [5.74, 6) is 0.708. The summed E-state index contributed by atoms with van der Waals surface area (Å²) in [5, 5.41) is 9.98. The van der Waals surface area contributed by atoms with E-state index in [0.29, 0.717) is 19.0 Å². The molecule has 0 atom stereocenters. The van der Waals surface area contributed by atoms with E-state index in [9.17, 15) is 9.90 Å². The number of aliphatic hydroxyl groups is 1. The Hall–Kier alpha value is -0.830. The molecule has 17 heavy (non-hydrogen) atoms. The van der Waals surface area contributed by atoms with E-state index in [0.717, 1.165) is 25.7 Å². The zero-order valence-corrected chi connectivity index (χ0v) is 10.4. The van der Waals surface area contributed by atoms with Crippen LogP contribution in [0, 0.1) is 11.8 Å². The summed E-state index contributed by atoms with van der Waals surface area (Å²) < 4.78 is 5.24. The largest absolute Gasteiger partial charge is 0.512 e. The Kier molecular flexibility index (Phi) is 4.60. The van der Waals surface area contributed by atoms with Crippen molar-refractivity contribution < 1.29 is 14.6 Å². The third kappa shape index (κ3) is 3.56. The van der Waals surface area contributed by atoms with E-state index >= 15 is 0 Å². The maximum absolute atomic E-state index is 12.0. The molecule has 2 fully saturated rings. The topological polar surface area (TPSA) is 46.5 Å². The van der Waals surface area contributed by atoms with Crippen LogP contribution in [0.1, 0.15) is 44.9 Å². The van der Waals surface area contributed by atoms with Gasteiger partial charge in [-0.25, -0.2) is 0 Å². The summed E-state index contributed by atoms with van der Waals surface area (Å²) >= 11 is 0. The summed E-state index contributed by atoms with van der Waals surface area (Å²) in [6, 6.07) is 0. The summed E-state index contributed by atoms with van der Waals surface area (Å²) in [4.78, 5) is 12.0. The van der Waals surface area contributed by atoms with Crippen molar-refractivity contribution in [2.24, 2.45) is 11.8 Å². The van der Waals surface area contributed by atoms with Crippen molar-refractivity contribution in [3.8, 4) is 0 Å². The molecule has 1 saturated heterocycles. The second-order valence-electron chi connectivity index (χ2n) is 5.19. The number of hydrogen-bond donors (Lipinski definition) is 1. The van der Waals surface area contributed by atoms with E-state index in [4.69, 9.17) is 4.74 Å². The first-order valence-corrected chi connectivity index (χ1v) is 6.79. The lowest BCUT2D eigenvalue weighted by molar-refractivity contribution is -0.121. The predicted octanol–water partition coefficient (Wildman–Crippen LogP) is 3.00. The molecular weight excluding hydrogens is 216 g/mol. The number of ether oxygens (including phenoxy) is 1. The molecule has 1 saturated carbocycles. The van der Waals surface area contributed by atoms with E-state index in [1.165, 1.54) is 25.3 Å². The smallest absolute Gasteiger partial charge is 0.162 e. The second kappa shape index (κ2) is 6.20. The quantitative estimate of drug-likeness (QED) is 0.607.